The lowest BCUT2D eigenvalue weighted by Gasteiger charge is -2.42. The second kappa shape index (κ2) is 8.15. The number of hydrogen-bond donors (Lipinski definition) is 1. The van der Waals surface area contributed by atoms with Crippen molar-refractivity contribution >= 4 is 15.8 Å². The third kappa shape index (κ3) is 3.52. The number of aliphatic carboxylic acids is 1. The molecule has 2 aromatic rings. The maximum absolute atomic E-state index is 14.7. The molecule has 0 unspecified atom stereocenters. The van der Waals surface area contributed by atoms with E-state index in [9.17, 15) is 53.4 Å². The number of sulfone groups is 1. The van der Waals surface area contributed by atoms with Crippen LogP contribution in [0.1, 0.15) is 36.0 Å². The first-order chi connectivity index (χ1) is 16.5. The minimum absolute atomic E-state index is 0.125. The summed E-state index contributed by atoms with van der Waals surface area (Å²) in [5, 5.41) is 9.67. The highest BCUT2D eigenvalue weighted by atomic mass is 32.2. The first kappa shape index (κ1) is 26.4. The van der Waals surface area contributed by atoms with Gasteiger partial charge in [0, 0.05) is 5.56 Å². The van der Waals surface area contributed by atoms with Gasteiger partial charge < -0.3 is 5.11 Å². The molecule has 2 aliphatic carbocycles. The normalized spacial score (nSPS) is 24.8. The molecule has 1 saturated carbocycles. The molecule has 0 amide bonds. The highest BCUT2D eigenvalue weighted by Gasteiger charge is 2.73. The zero-order valence-electron chi connectivity index (χ0n) is 18.1. The molecule has 2 aromatic carbocycles. The van der Waals surface area contributed by atoms with E-state index in [1.54, 1.807) is 0 Å². The van der Waals surface area contributed by atoms with Crippen molar-refractivity contribution in [3.63, 3.8) is 0 Å². The summed E-state index contributed by atoms with van der Waals surface area (Å²) in [5.74, 6) is -4.28. The van der Waals surface area contributed by atoms with Crippen LogP contribution in [0.2, 0.25) is 0 Å². The molecule has 2 aliphatic rings. The van der Waals surface area contributed by atoms with Gasteiger partial charge in [0.15, 0.2) is 9.84 Å². The molecule has 0 bridgehead atoms. The highest BCUT2D eigenvalue weighted by molar-refractivity contribution is 7.92. The van der Waals surface area contributed by atoms with Crippen LogP contribution in [0.25, 0.3) is 0 Å². The van der Waals surface area contributed by atoms with Gasteiger partial charge in [-0.3, -0.25) is 4.79 Å². The van der Waals surface area contributed by atoms with Crippen LogP contribution in [0.3, 0.4) is 0 Å². The van der Waals surface area contributed by atoms with Gasteiger partial charge in [0.1, 0.15) is 10.6 Å². The van der Waals surface area contributed by atoms with Gasteiger partial charge in [-0.25, -0.2) is 17.2 Å². The lowest BCUT2D eigenvalue weighted by molar-refractivity contribution is -0.348. The molecule has 0 aromatic heterocycles. The number of hydrogen-bond acceptors (Lipinski definition) is 3. The Balaban J connectivity index is 1.97. The van der Waals surface area contributed by atoms with Crippen LogP contribution in [0.5, 0.6) is 0 Å². The number of fused-ring (bicyclic) bond motifs is 3. The zero-order chi connectivity index (χ0) is 26.9. The fourth-order valence-electron chi connectivity index (χ4n) is 5.67. The summed E-state index contributed by atoms with van der Waals surface area (Å²) in [6, 6.07) is 4.95. The van der Waals surface area contributed by atoms with Crippen molar-refractivity contribution in [1.82, 2.24) is 0 Å². The summed E-state index contributed by atoms with van der Waals surface area (Å²) in [6.45, 7) is 0. The topological polar surface area (TPSA) is 71.4 Å². The first-order valence-electron chi connectivity index (χ1n) is 10.7. The van der Waals surface area contributed by atoms with E-state index >= 15 is 0 Å². The molecule has 13 heteroatoms. The van der Waals surface area contributed by atoms with Crippen molar-refractivity contribution in [2.45, 2.75) is 53.3 Å². The van der Waals surface area contributed by atoms with Crippen molar-refractivity contribution in [3.8, 4) is 0 Å². The van der Waals surface area contributed by atoms with Crippen molar-refractivity contribution < 1.29 is 53.4 Å². The Morgan fingerprint density at radius 2 is 1.50 bits per heavy atom. The van der Waals surface area contributed by atoms with Gasteiger partial charge in [0.2, 0.25) is 0 Å². The minimum Gasteiger partial charge on any atom is -0.481 e. The number of carbonyl (C=O) groups is 1. The van der Waals surface area contributed by atoms with Crippen molar-refractivity contribution in [1.29, 1.82) is 0 Å². The van der Waals surface area contributed by atoms with E-state index in [0.717, 1.165) is 24.3 Å². The summed E-state index contributed by atoms with van der Waals surface area (Å²) < 4.78 is 134. The Morgan fingerprint density at radius 3 is 2.03 bits per heavy atom. The second-order valence-corrected chi connectivity index (χ2v) is 11.2. The lowest BCUT2D eigenvalue weighted by Crippen LogP contribution is -2.51. The van der Waals surface area contributed by atoms with Crippen LogP contribution in [-0.4, -0.2) is 31.8 Å². The minimum atomic E-state index is -6.35. The third-order valence-electron chi connectivity index (χ3n) is 7.30. The van der Waals surface area contributed by atoms with Crippen LogP contribution in [0, 0.1) is 17.7 Å². The molecule has 4 nitrogen and oxygen atoms in total. The van der Waals surface area contributed by atoms with Gasteiger partial charge in [0.05, 0.1) is 10.8 Å². The molecule has 1 fully saturated rings. The van der Waals surface area contributed by atoms with Crippen LogP contribution < -0.4 is 0 Å². The summed E-state index contributed by atoms with van der Waals surface area (Å²) >= 11 is 0. The van der Waals surface area contributed by atoms with Crippen LogP contribution in [0.15, 0.2) is 47.4 Å². The molecule has 0 heterocycles. The molecular weight excluding hydrogens is 524 g/mol. The summed E-state index contributed by atoms with van der Waals surface area (Å²) in [4.78, 5) is 11.5. The average molecular weight is 542 g/mol. The van der Waals surface area contributed by atoms with E-state index in [4.69, 9.17) is 0 Å². The standard InChI is InChI=1S/C23H18F8O4S/c24-14-3-5-15(6-4-14)36(34,35)20-10-9-16(19(32)33)18(20)7-1-12-11-13(2-8-17(12)20)21(25,22(26,27)28)23(29,30)31/h2-6,8,11,16,18H,1,7,9-10H2,(H,32,33)/t16-,18-,20+/m1/s1. The molecule has 0 spiro atoms. The maximum atomic E-state index is 14.7. The summed E-state index contributed by atoms with van der Waals surface area (Å²) in [6.07, 6.45) is -13.6. The predicted molar refractivity (Wildman–Crippen MR) is 109 cm³/mol. The van der Waals surface area contributed by atoms with Gasteiger partial charge in [-0.15, -0.1) is 0 Å². The largest absolute Gasteiger partial charge is 0.481 e. The van der Waals surface area contributed by atoms with E-state index in [2.05, 4.69) is 0 Å². The average Bonchev–Trinajstić information content (AvgIpc) is 3.19. The first-order valence-corrected chi connectivity index (χ1v) is 12.2. The Morgan fingerprint density at radius 1 is 0.917 bits per heavy atom. The Bertz CT molecular complexity index is 1290. The van der Waals surface area contributed by atoms with Crippen LogP contribution in [-0.2, 0) is 31.5 Å². The molecule has 3 atom stereocenters. The number of halogens is 8. The molecule has 196 valence electrons. The van der Waals surface area contributed by atoms with Gasteiger partial charge in [-0.1, -0.05) is 18.2 Å². The van der Waals surface area contributed by atoms with Gasteiger partial charge in [-0.2, -0.15) is 26.3 Å². The van der Waals surface area contributed by atoms with E-state index < -0.39 is 61.8 Å². The Hall–Kier alpha value is -2.70. The number of benzene rings is 2. The zero-order valence-corrected chi connectivity index (χ0v) is 18.9. The van der Waals surface area contributed by atoms with Gasteiger partial charge in [0.25, 0.3) is 0 Å². The molecule has 0 saturated heterocycles. The predicted octanol–water partition coefficient (Wildman–Crippen LogP) is 5.84. The van der Waals surface area contributed by atoms with E-state index in [0.29, 0.717) is 12.1 Å². The highest BCUT2D eigenvalue weighted by Crippen LogP contribution is 2.60. The molecule has 36 heavy (non-hydrogen) atoms. The van der Waals surface area contributed by atoms with Crippen LogP contribution >= 0.6 is 0 Å². The monoisotopic (exact) mass is 542 g/mol. The van der Waals surface area contributed by atoms with E-state index in [1.807, 2.05) is 0 Å². The summed E-state index contributed by atoms with van der Waals surface area (Å²) in [7, 11) is -4.53. The fraction of sp³-hybridized carbons (Fsp3) is 0.435. The lowest BCUT2D eigenvalue weighted by atomic mass is 9.72. The molecule has 0 aliphatic heterocycles. The second-order valence-electron chi connectivity index (χ2n) is 9.00. The number of aryl methyl sites for hydroxylation is 1. The summed E-state index contributed by atoms with van der Waals surface area (Å²) in [5.41, 5.74) is -7.88. The molecule has 1 N–H and O–H groups in total. The van der Waals surface area contributed by atoms with Gasteiger partial charge in [-0.05, 0) is 67.0 Å². The van der Waals surface area contributed by atoms with E-state index in [-0.39, 0.29) is 47.8 Å². The number of carboxylic acid groups (broad SMARTS) is 1. The Kier molecular flexibility index (Phi) is 5.97. The smallest absolute Gasteiger partial charge is 0.435 e. The fourth-order valence-corrected chi connectivity index (χ4v) is 8.15. The van der Waals surface area contributed by atoms with E-state index in [1.165, 1.54) is 0 Å². The third-order valence-corrected chi connectivity index (χ3v) is 9.88. The SMILES string of the molecule is O=C(O)[C@@H]1CC[C@]2(S(=O)(=O)c3ccc(F)cc3)c3ccc(C(F)(C(F)(F)F)C(F)(F)F)cc3CC[C@H]12. The quantitative estimate of drug-likeness (QED) is 0.389. The number of carboxylic acids is 1. The number of alkyl halides is 7. The number of rotatable bonds is 4. The maximum Gasteiger partial charge on any atom is 0.435 e. The Labute approximate surface area is 199 Å². The van der Waals surface area contributed by atoms with Crippen molar-refractivity contribution in [3.05, 3.63) is 65.0 Å². The van der Waals surface area contributed by atoms with Gasteiger partial charge >= 0.3 is 24.0 Å². The van der Waals surface area contributed by atoms with Crippen molar-refractivity contribution in [2.24, 2.45) is 11.8 Å². The van der Waals surface area contributed by atoms with Crippen LogP contribution in [0.4, 0.5) is 35.1 Å². The molecular formula is C23H18F8O4S. The molecule has 0 radical (unpaired) electrons. The molecule has 4 rings (SSSR count). The van der Waals surface area contributed by atoms with Crippen molar-refractivity contribution in [2.75, 3.05) is 0 Å².